The molecule has 4 N–H and O–H groups in total. The van der Waals surface area contributed by atoms with Crippen LogP contribution in [0.15, 0.2) is 0 Å². The van der Waals surface area contributed by atoms with Gasteiger partial charge in [-0.05, 0) is 38.6 Å². The van der Waals surface area contributed by atoms with Crippen LogP contribution < -0.4 is 11.5 Å². The quantitative estimate of drug-likeness (QED) is 0.651. The van der Waals surface area contributed by atoms with E-state index in [1.165, 1.54) is 0 Å². The lowest BCUT2D eigenvalue weighted by atomic mass is 9.68. The van der Waals surface area contributed by atoms with Crippen molar-refractivity contribution in [2.75, 3.05) is 6.54 Å². The van der Waals surface area contributed by atoms with Crippen LogP contribution in [0.2, 0.25) is 0 Å². The molecule has 0 aliphatic rings. The molecule has 0 bridgehead atoms. The van der Waals surface area contributed by atoms with Gasteiger partial charge in [0.15, 0.2) is 0 Å². The van der Waals surface area contributed by atoms with Gasteiger partial charge in [-0.2, -0.15) is 0 Å². The molecule has 0 aliphatic carbocycles. The highest BCUT2D eigenvalue weighted by Crippen LogP contribution is 2.35. The fraction of sp³-hybridized carbons (Fsp3) is 1.00. The van der Waals surface area contributed by atoms with Crippen molar-refractivity contribution in [3.63, 3.8) is 0 Å². The van der Waals surface area contributed by atoms with Crippen LogP contribution in [0.3, 0.4) is 0 Å². The normalized spacial score (nSPS) is 13.6. The molecule has 2 heteroatoms. The molecule has 11 heavy (non-hydrogen) atoms. The highest BCUT2D eigenvalue weighted by molar-refractivity contribution is 4.95. The van der Waals surface area contributed by atoms with Gasteiger partial charge in [0.1, 0.15) is 0 Å². The second-order valence-electron chi connectivity index (χ2n) is 3.91. The van der Waals surface area contributed by atoms with Gasteiger partial charge in [0.25, 0.3) is 0 Å². The fourth-order valence-corrected chi connectivity index (χ4v) is 1.71. The van der Waals surface area contributed by atoms with Crippen molar-refractivity contribution in [2.45, 2.75) is 46.1 Å². The molecule has 0 radical (unpaired) electrons. The Morgan fingerprint density at radius 1 is 1.09 bits per heavy atom. The van der Waals surface area contributed by atoms with Gasteiger partial charge in [-0.15, -0.1) is 0 Å². The monoisotopic (exact) mass is 158 g/mol. The fourth-order valence-electron chi connectivity index (χ4n) is 1.71. The summed E-state index contributed by atoms with van der Waals surface area (Å²) in [7, 11) is 0. The van der Waals surface area contributed by atoms with Crippen molar-refractivity contribution < 1.29 is 0 Å². The molecule has 0 aromatic heterocycles. The van der Waals surface area contributed by atoms with Gasteiger partial charge in [-0.3, -0.25) is 0 Å². The molecule has 0 aliphatic heterocycles. The largest absolute Gasteiger partial charge is 0.330 e. The first kappa shape index (κ1) is 10.9. The Hall–Kier alpha value is -0.0800. The minimum atomic E-state index is -0.161. The Labute approximate surface area is 70.3 Å². The van der Waals surface area contributed by atoms with E-state index < -0.39 is 0 Å². The molecule has 0 aromatic carbocycles. The molecule has 0 atom stereocenters. The lowest BCUT2D eigenvalue weighted by Crippen LogP contribution is -2.54. The van der Waals surface area contributed by atoms with E-state index in [0.29, 0.717) is 6.54 Å². The first-order chi connectivity index (χ1) is 4.93. The molecule has 0 saturated heterocycles. The van der Waals surface area contributed by atoms with E-state index in [1.807, 2.05) is 0 Å². The Balaban J connectivity index is 4.54. The lowest BCUT2D eigenvalue weighted by Gasteiger charge is -2.42. The molecule has 2 nitrogen and oxygen atoms in total. The van der Waals surface area contributed by atoms with Gasteiger partial charge in [0.2, 0.25) is 0 Å². The number of nitrogens with two attached hydrogens (primary N) is 2. The second kappa shape index (κ2) is 3.55. The van der Waals surface area contributed by atoms with E-state index >= 15 is 0 Å². The predicted octanol–water partition coefficient (Wildman–Crippen LogP) is 1.49. The maximum absolute atomic E-state index is 6.07. The van der Waals surface area contributed by atoms with Crippen LogP contribution in [0.1, 0.15) is 40.5 Å². The van der Waals surface area contributed by atoms with Crippen molar-refractivity contribution in [1.29, 1.82) is 0 Å². The second-order valence-corrected chi connectivity index (χ2v) is 3.91. The maximum Gasteiger partial charge on any atom is 0.0166 e. The Morgan fingerprint density at radius 2 is 1.45 bits per heavy atom. The van der Waals surface area contributed by atoms with Crippen molar-refractivity contribution in [3.05, 3.63) is 0 Å². The summed E-state index contributed by atoms with van der Waals surface area (Å²) in [6.07, 6.45) is 2.12. The van der Waals surface area contributed by atoms with Crippen LogP contribution in [0.25, 0.3) is 0 Å². The minimum absolute atomic E-state index is 0.118. The summed E-state index contributed by atoms with van der Waals surface area (Å²) >= 11 is 0. The third-order valence-electron chi connectivity index (χ3n) is 3.11. The highest BCUT2D eigenvalue weighted by atomic mass is 14.8. The van der Waals surface area contributed by atoms with Gasteiger partial charge in [-0.1, -0.05) is 13.8 Å². The first-order valence-electron chi connectivity index (χ1n) is 4.42. The van der Waals surface area contributed by atoms with E-state index in [9.17, 15) is 0 Å². The number of hydrogen-bond acceptors (Lipinski definition) is 2. The van der Waals surface area contributed by atoms with Crippen LogP contribution in [0.5, 0.6) is 0 Å². The van der Waals surface area contributed by atoms with Gasteiger partial charge in [0.05, 0.1) is 0 Å². The molecule has 0 amide bonds. The third kappa shape index (κ3) is 1.94. The Morgan fingerprint density at radius 3 is 1.45 bits per heavy atom. The summed E-state index contributed by atoms with van der Waals surface area (Å²) in [5.41, 5.74) is 11.8. The van der Waals surface area contributed by atoms with Crippen molar-refractivity contribution in [1.82, 2.24) is 0 Å². The molecule has 0 unspecified atom stereocenters. The van der Waals surface area contributed by atoms with Crippen LogP contribution in [-0.2, 0) is 0 Å². The summed E-state index contributed by atoms with van der Waals surface area (Å²) in [6.45, 7) is 9.12. The number of hydrogen-bond donors (Lipinski definition) is 2. The molecule has 0 rings (SSSR count). The lowest BCUT2D eigenvalue weighted by molar-refractivity contribution is 0.145. The van der Waals surface area contributed by atoms with Gasteiger partial charge in [0, 0.05) is 5.54 Å². The van der Waals surface area contributed by atoms with E-state index in [4.69, 9.17) is 11.5 Å². The van der Waals surface area contributed by atoms with Crippen molar-refractivity contribution in [3.8, 4) is 0 Å². The zero-order valence-corrected chi connectivity index (χ0v) is 8.28. The van der Waals surface area contributed by atoms with Crippen LogP contribution in [-0.4, -0.2) is 12.1 Å². The molecule has 0 spiro atoms. The van der Waals surface area contributed by atoms with Crippen LogP contribution in [0, 0.1) is 5.41 Å². The van der Waals surface area contributed by atoms with Crippen molar-refractivity contribution in [2.24, 2.45) is 16.9 Å². The molecule has 0 saturated carbocycles. The predicted molar refractivity (Wildman–Crippen MR) is 50.3 cm³/mol. The zero-order valence-electron chi connectivity index (χ0n) is 8.28. The van der Waals surface area contributed by atoms with Crippen LogP contribution >= 0.6 is 0 Å². The molecule has 68 valence electrons. The van der Waals surface area contributed by atoms with E-state index in [-0.39, 0.29) is 11.0 Å². The molecular formula is C9H22N2. The van der Waals surface area contributed by atoms with E-state index in [2.05, 4.69) is 27.7 Å². The average molecular weight is 158 g/mol. The third-order valence-corrected chi connectivity index (χ3v) is 3.11. The molecule has 0 aromatic rings. The number of rotatable bonds is 4. The maximum atomic E-state index is 6.07. The first-order valence-corrected chi connectivity index (χ1v) is 4.42. The summed E-state index contributed by atoms with van der Waals surface area (Å²) in [5.74, 6) is 0. The Bertz CT molecular complexity index is 101. The topological polar surface area (TPSA) is 52.0 Å². The van der Waals surface area contributed by atoms with E-state index in [0.717, 1.165) is 12.8 Å². The van der Waals surface area contributed by atoms with E-state index in [1.54, 1.807) is 0 Å². The van der Waals surface area contributed by atoms with Crippen LogP contribution in [0.4, 0.5) is 0 Å². The minimum Gasteiger partial charge on any atom is -0.330 e. The smallest absolute Gasteiger partial charge is 0.0166 e. The highest BCUT2D eigenvalue weighted by Gasteiger charge is 2.37. The summed E-state index contributed by atoms with van der Waals surface area (Å²) in [6, 6.07) is 0. The zero-order chi connectivity index (χ0) is 9.12. The van der Waals surface area contributed by atoms with Gasteiger partial charge in [-0.25, -0.2) is 0 Å². The molecule has 0 heterocycles. The Kier molecular flexibility index (Phi) is 3.52. The molecular weight excluding hydrogens is 136 g/mol. The van der Waals surface area contributed by atoms with Gasteiger partial charge < -0.3 is 11.5 Å². The SMILES string of the molecule is CCC(CC)(CN)C(C)(C)N. The molecule has 0 fully saturated rings. The van der Waals surface area contributed by atoms with Gasteiger partial charge >= 0.3 is 0 Å². The standard InChI is InChI=1S/C9H22N2/c1-5-9(6-2,7-10)8(3,4)11/h5-7,10-11H2,1-4H3. The van der Waals surface area contributed by atoms with Crippen molar-refractivity contribution >= 4 is 0 Å². The summed E-state index contributed by atoms with van der Waals surface area (Å²) in [5, 5.41) is 0. The summed E-state index contributed by atoms with van der Waals surface area (Å²) in [4.78, 5) is 0. The average Bonchev–Trinajstić information content (AvgIpc) is 1.90. The summed E-state index contributed by atoms with van der Waals surface area (Å²) < 4.78 is 0.